The average molecular weight is 414 g/mol. The molecule has 6 nitrogen and oxygen atoms in total. The fraction of sp³-hybridized carbons (Fsp3) is 0.391. The highest BCUT2D eigenvalue weighted by Crippen LogP contribution is 2.37. The smallest absolute Gasteiger partial charge is 0.410 e. The molecule has 1 aliphatic rings. The van der Waals surface area contributed by atoms with Gasteiger partial charge in [0.25, 0.3) is 0 Å². The van der Waals surface area contributed by atoms with Crippen LogP contribution in [0, 0.1) is 5.82 Å². The first-order valence-electron chi connectivity index (χ1n) is 10.00. The Hall–Kier alpha value is -3.09. The van der Waals surface area contributed by atoms with Crippen molar-refractivity contribution in [3.05, 3.63) is 54.0 Å². The fourth-order valence-electron chi connectivity index (χ4n) is 3.08. The third kappa shape index (κ3) is 5.28. The normalized spacial score (nSPS) is 14.2. The van der Waals surface area contributed by atoms with Crippen LogP contribution in [0.15, 0.2) is 42.6 Å². The van der Waals surface area contributed by atoms with Gasteiger partial charge in [-0.15, -0.1) is 0 Å². The Morgan fingerprint density at radius 1 is 1.23 bits per heavy atom. The molecule has 30 heavy (non-hydrogen) atoms. The van der Waals surface area contributed by atoms with Crippen LogP contribution >= 0.6 is 0 Å². The van der Waals surface area contributed by atoms with E-state index in [9.17, 15) is 9.18 Å². The third-order valence-corrected chi connectivity index (χ3v) is 4.41. The van der Waals surface area contributed by atoms with Gasteiger partial charge in [-0.2, -0.15) is 0 Å². The van der Waals surface area contributed by atoms with Gasteiger partial charge >= 0.3 is 6.09 Å². The molecule has 1 aromatic heterocycles. The van der Waals surface area contributed by atoms with E-state index in [2.05, 4.69) is 4.98 Å². The van der Waals surface area contributed by atoms with Crippen molar-refractivity contribution in [1.29, 1.82) is 0 Å². The van der Waals surface area contributed by atoms with Gasteiger partial charge in [0.1, 0.15) is 5.60 Å². The van der Waals surface area contributed by atoms with Gasteiger partial charge in [-0.3, -0.25) is 0 Å². The molecule has 0 spiro atoms. The summed E-state index contributed by atoms with van der Waals surface area (Å²) in [5.74, 6) is 0.0979. The molecular weight excluding hydrogens is 387 g/mol. The summed E-state index contributed by atoms with van der Waals surface area (Å²) in [6.45, 7) is 8.67. The molecule has 1 aromatic carbocycles. The Labute approximate surface area is 176 Å². The number of nitrogens with zero attached hydrogens (tertiary/aromatic N) is 2. The van der Waals surface area contributed by atoms with E-state index in [1.165, 1.54) is 6.07 Å². The molecule has 7 heteroatoms. The second-order valence-corrected chi connectivity index (χ2v) is 7.86. The van der Waals surface area contributed by atoms with Crippen molar-refractivity contribution in [3.63, 3.8) is 0 Å². The molecule has 1 aliphatic heterocycles. The highest BCUT2D eigenvalue weighted by Gasteiger charge is 2.25. The second-order valence-electron chi connectivity index (χ2n) is 7.86. The maximum Gasteiger partial charge on any atom is 0.410 e. The summed E-state index contributed by atoms with van der Waals surface area (Å²) < 4.78 is 31.2. The largest absolute Gasteiger partial charge is 0.490 e. The minimum absolute atomic E-state index is 0.00564. The van der Waals surface area contributed by atoms with Gasteiger partial charge in [0.2, 0.25) is 11.6 Å². The van der Waals surface area contributed by atoms with Crippen LogP contribution in [-0.2, 0) is 4.74 Å². The van der Waals surface area contributed by atoms with Crippen molar-refractivity contribution in [2.75, 3.05) is 19.7 Å². The number of para-hydroxylation sites is 1. The Bertz CT molecular complexity index is 937. The molecule has 0 unspecified atom stereocenters. The van der Waals surface area contributed by atoms with Crippen LogP contribution in [0.3, 0.4) is 0 Å². The Morgan fingerprint density at radius 2 is 2.03 bits per heavy atom. The Balaban J connectivity index is 1.81. The van der Waals surface area contributed by atoms with E-state index in [0.29, 0.717) is 37.7 Å². The van der Waals surface area contributed by atoms with Crippen molar-refractivity contribution < 1.29 is 23.4 Å². The summed E-state index contributed by atoms with van der Waals surface area (Å²) in [5, 5.41) is 0. The number of amides is 1. The molecule has 0 fully saturated rings. The van der Waals surface area contributed by atoms with Crippen molar-refractivity contribution in [1.82, 2.24) is 9.88 Å². The molecule has 0 saturated heterocycles. The van der Waals surface area contributed by atoms with Gasteiger partial charge in [0.15, 0.2) is 11.6 Å². The zero-order valence-corrected chi connectivity index (χ0v) is 17.8. The molecule has 0 saturated carbocycles. The minimum atomic E-state index is -0.538. The van der Waals surface area contributed by atoms with Gasteiger partial charge in [0.05, 0.1) is 6.61 Å². The summed E-state index contributed by atoms with van der Waals surface area (Å²) in [6.07, 6.45) is 3.81. The van der Waals surface area contributed by atoms with Crippen LogP contribution in [-0.4, -0.2) is 41.3 Å². The fourth-order valence-corrected chi connectivity index (χ4v) is 3.08. The number of halogens is 1. The van der Waals surface area contributed by atoms with Crippen LogP contribution in [0.5, 0.6) is 17.4 Å². The van der Waals surface area contributed by atoms with E-state index >= 15 is 0 Å². The number of pyridine rings is 1. The molecule has 2 heterocycles. The van der Waals surface area contributed by atoms with E-state index in [0.717, 1.165) is 11.1 Å². The molecule has 0 bridgehead atoms. The van der Waals surface area contributed by atoms with Gasteiger partial charge < -0.3 is 19.1 Å². The lowest BCUT2D eigenvalue weighted by Gasteiger charge is -2.29. The lowest BCUT2D eigenvalue weighted by Crippen LogP contribution is -2.39. The summed E-state index contributed by atoms with van der Waals surface area (Å²) in [7, 11) is 0. The number of rotatable bonds is 5. The summed E-state index contributed by atoms with van der Waals surface area (Å²) in [4.78, 5) is 18.2. The predicted octanol–water partition coefficient (Wildman–Crippen LogP) is 5.44. The highest BCUT2D eigenvalue weighted by molar-refractivity contribution is 5.74. The second kappa shape index (κ2) is 9.15. The quantitative estimate of drug-likeness (QED) is 0.652. The number of benzene rings is 1. The maximum atomic E-state index is 14.4. The van der Waals surface area contributed by atoms with Crippen molar-refractivity contribution in [3.8, 4) is 17.4 Å². The van der Waals surface area contributed by atoms with Gasteiger partial charge in [-0.25, -0.2) is 14.2 Å². The molecule has 0 N–H and O–H groups in total. The predicted molar refractivity (Wildman–Crippen MR) is 112 cm³/mol. The molecule has 0 aliphatic carbocycles. The van der Waals surface area contributed by atoms with Crippen LogP contribution in [0.2, 0.25) is 0 Å². The molecule has 2 aromatic rings. The SMILES string of the molecule is CCOc1cccc(F)c1Oc1ncccc1C1=CCN(C(=O)OC(C)(C)C)CC1. The summed E-state index contributed by atoms with van der Waals surface area (Å²) in [5.41, 5.74) is 1.20. The van der Waals surface area contributed by atoms with Crippen LogP contribution < -0.4 is 9.47 Å². The number of carbonyl (C=O) groups is 1. The van der Waals surface area contributed by atoms with E-state index in [-0.39, 0.29) is 11.8 Å². The lowest BCUT2D eigenvalue weighted by molar-refractivity contribution is 0.0270. The number of aromatic nitrogens is 1. The maximum absolute atomic E-state index is 14.4. The number of hydrogen-bond acceptors (Lipinski definition) is 5. The van der Waals surface area contributed by atoms with E-state index in [1.54, 1.807) is 29.3 Å². The number of carbonyl (C=O) groups excluding carboxylic acids is 1. The van der Waals surface area contributed by atoms with E-state index in [4.69, 9.17) is 14.2 Å². The summed E-state index contributed by atoms with van der Waals surface area (Å²) in [6, 6.07) is 8.22. The van der Waals surface area contributed by atoms with E-state index in [1.807, 2.05) is 39.8 Å². The zero-order valence-electron chi connectivity index (χ0n) is 17.8. The van der Waals surface area contributed by atoms with Crippen LogP contribution in [0.1, 0.15) is 39.7 Å². The van der Waals surface area contributed by atoms with Crippen molar-refractivity contribution >= 4 is 11.7 Å². The Morgan fingerprint density at radius 3 is 2.70 bits per heavy atom. The first-order chi connectivity index (χ1) is 14.3. The van der Waals surface area contributed by atoms with Gasteiger partial charge in [-0.1, -0.05) is 12.1 Å². The minimum Gasteiger partial charge on any atom is -0.490 e. The highest BCUT2D eigenvalue weighted by atomic mass is 19.1. The average Bonchev–Trinajstić information content (AvgIpc) is 2.70. The molecular formula is C23H27FN2O4. The molecule has 1 amide bonds. The molecule has 0 atom stereocenters. The van der Waals surface area contributed by atoms with Gasteiger partial charge in [-0.05, 0) is 64.0 Å². The first kappa shape index (κ1) is 21.6. The van der Waals surface area contributed by atoms with Crippen molar-refractivity contribution in [2.45, 2.75) is 39.7 Å². The summed E-state index contributed by atoms with van der Waals surface area (Å²) >= 11 is 0. The van der Waals surface area contributed by atoms with Gasteiger partial charge in [0, 0.05) is 24.8 Å². The Kier molecular flexibility index (Phi) is 6.59. The van der Waals surface area contributed by atoms with Crippen LogP contribution in [0.25, 0.3) is 5.57 Å². The first-order valence-corrected chi connectivity index (χ1v) is 10.00. The third-order valence-electron chi connectivity index (χ3n) is 4.41. The zero-order chi connectivity index (χ0) is 21.7. The number of hydrogen-bond donors (Lipinski definition) is 0. The van der Waals surface area contributed by atoms with Crippen molar-refractivity contribution in [2.24, 2.45) is 0 Å². The monoisotopic (exact) mass is 414 g/mol. The molecule has 0 radical (unpaired) electrons. The molecule has 160 valence electrons. The lowest BCUT2D eigenvalue weighted by atomic mass is 10.0. The molecule has 3 rings (SSSR count). The number of ether oxygens (including phenoxy) is 3. The standard InChI is InChI=1S/C23H27FN2O4/c1-5-28-19-10-6-9-18(24)20(19)29-21-17(8-7-13-25-21)16-11-14-26(15-12-16)22(27)30-23(2,3)4/h6-11,13H,5,12,14-15H2,1-4H3. The topological polar surface area (TPSA) is 60.9 Å². The van der Waals surface area contributed by atoms with E-state index < -0.39 is 11.4 Å². The van der Waals surface area contributed by atoms with Crippen LogP contribution in [0.4, 0.5) is 9.18 Å².